The molecule has 0 fully saturated rings. The molecule has 25 heavy (non-hydrogen) atoms. The van der Waals surface area contributed by atoms with Gasteiger partial charge in [0.15, 0.2) is 6.61 Å². The Balaban J connectivity index is 1.57. The lowest BCUT2D eigenvalue weighted by atomic mass is 10.0. The van der Waals surface area contributed by atoms with Crippen LogP contribution in [0, 0.1) is 11.3 Å². The maximum atomic E-state index is 12.1. The van der Waals surface area contributed by atoms with Gasteiger partial charge >= 0.3 is 0 Å². The number of fused-ring (bicyclic) bond motifs is 1. The van der Waals surface area contributed by atoms with E-state index in [9.17, 15) is 9.59 Å². The Bertz CT molecular complexity index is 870. The topological polar surface area (TPSA) is 91.2 Å². The predicted molar refractivity (Wildman–Crippen MR) is 92.0 cm³/mol. The molecular formula is C19H17N3O3. The lowest BCUT2D eigenvalue weighted by Gasteiger charge is -2.15. The molecule has 0 saturated carbocycles. The molecule has 0 spiro atoms. The first-order valence-corrected chi connectivity index (χ1v) is 7.90. The Kier molecular flexibility index (Phi) is 4.66. The van der Waals surface area contributed by atoms with E-state index in [1.54, 1.807) is 24.3 Å². The van der Waals surface area contributed by atoms with Gasteiger partial charge in [0, 0.05) is 5.69 Å². The molecule has 1 heterocycles. The zero-order valence-corrected chi connectivity index (χ0v) is 13.7. The average molecular weight is 335 g/mol. The highest BCUT2D eigenvalue weighted by molar-refractivity contribution is 5.99. The van der Waals surface area contributed by atoms with Gasteiger partial charge < -0.3 is 15.4 Å². The summed E-state index contributed by atoms with van der Waals surface area (Å²) in [5.41, 5.74) is 3.17. The first kappa shape index (κ1) is 16.5. The van der Waals surface area contributed by atoms with Crippen LogP contribution in [0.5, 0.6) is 5.75 Å². The molecular weight excluding hydrogens is 318 g/mol. The van der Waals surface area contributed by atoms with Crippen LogP contribution >= 0.6 is 0 Å². The normalized spacial score (nSPS) is 13.4. The summed E-state index contributed by atoms with van der Waals surface area (Å²) in [6.07, 6.45) is 0.363. The Labute approximate surface area is 145 Å². The molecule has 3 rings (SSSR count). The number of hydrogen-bond donors (Lipinski definition) is 2. The van der Waals surface area contributed by atoms with Crippen LogP contribution in [0.25, 0.3) is 0 Å². The van der Waals surface area contributed by atoms with E-state index >= 15 is 0 Å². The highest BCUT2D eigenvalue weighted by atomic mass is 16.5. The minimum Gasteiger partial charge on any atom is -0.484 e. The summed E-state index contributed by atoms with van der Waals surface area (Å²) >= 11 is 0. The van der Waals surface area contributed by atoms with Crippen LogP contribution in [-0.4, -0.2) is 18.4 Å². The van der Waals surface area contributed by atoms with Crippen molar-refractivity contribution in [2.75, 3.05) is 11.9 Å². The third-order valence-corrected chi connectivity index (χ3v) is 3.96. The summed E-state index contributed by atoms with van der Waals surface area (Å²) in [6, 6.07) is 14.1. The maximum absolute atomic E-state index is 12.1. The van der Waals surface area contributed by atoms with Gasteiger partial charge in [-0.25, -0.2) is 0 Å². The monoisotopic (exact) mass is 335 g/mol. The molecule has 1 aliphatic rings. The van der Waals surface area contributed by atoms with Crippen molar-refractivity contribution >= 4 is 17.5 Å². The molecule has 0 aromatic heterocycles. The summed E-state index contributed by atoms with van der Waals surface area (Å²) in [4.78, 5) is 23.5. The SMILES string of the molecule is C[C@@H](NC(=O)COc1cccc(C#N)c1)c1ccc2c(c1)CC(=O)N2. The summed E-state index contributed by atoms with van der Waals surface area (Å²) < 4.78 is 5.42. The van der Waals surface area contributed by atoms with Crippen molar-refractivity contribution in [1.82, 2.24) is 5.32 Å². The van der Waals surface area contributed by atoms with E-state index in [1.165, 1.54) is 0 Å². The minimum absolute atomic E-state index is 0.0168. The minimum atomic E-state index is -0.260. The lowest BCUT2D eigenvalue weighted by Crippen LogP contribution is -2.31. The number of hydrogen-bond acceptors (Lipinski definition) is 4. The van der Waals surface area contributed by atoms with Crippen molar-refractivity contribution in [3.8, 4) is 11.8 Å². The van der Waals surface area contributed by atoms with Gasteiger partial charge in [-0.2, -0.15) is 5.26 Å². The summed E-state index contributed by atoms with van der Waals surface area (Å²) in [7, 11) is 0. The molecule has 2 amide bonds. The van der Waals surface area contributed by atoms with Gasteiger partial charge in [-0.3, -0.25) is 9.59 Å². The van der Waals surface area contributed by atoms with Gasteiger partial charge in [0.2, 0.25) is 5.91 Å². The first-order chi connectivity index (χ1) is 12.0. The molecule has 1 atom stereocenters. The van der Waals surface area contributed by atoms with Crippen LogP contribution in [0.15, 0.2) is 42.5 Å². The Hall–Kier alpha value is -3.33. The van der Waals surface area contributed by atoms with E-state index in [-0.39, 0.29) is 24.5 Å². The quantitative estimate of drug-likeness (QED) is 0.877. The molecule has 2 aromatic carbocycles. The number of nitrogens with zero attached hydrogens (tertiary/aromatic N) is 1. The summed E-state index contributed by atoms with van der Waals surface area (Å²) in [6.45, 7) is 1.74. The second-order valence-corrected chi connectivity index (χ2v) is 5.86. The fourth-order valence-corrected chi connectivity index (χ4v) is 2.69. The van der Waals surface area contributed by atoms with E-state index in [0.717, 1.165) is 16.8 Å². The highest BCUT2D eigenvalue weighted by Gasteiger charge is 2.19. The number of ether oxygens (including phenoxy) is 1. The van der Waals surface area contributed by atoms with E-state index in [0.29, 0.717) is 17.7 Å². The molecule has 0 saturated heterocycles. The lowest BCUT2D eigenvalue weighted by molar-refractivity contribution is -0.123. The zero-order valence-electron chi connectivity index (χ0n) is 13.7. The number of carbonyl (C=O) groups is 2. The van der Waals surface area contributed by atoms with Crippen LogP contribution in [0.2, 0.25) is 0 Å². The number of anilines is 1. The largest absolute Gasteiger partial charge is 0.484 e. The van der Waals surface area contributed by atoms with E-state index in [1.807, 2.05) is 31.2 Å². The second kappa shape index (κ2) is 7.05. The molecule has 0 bridgehead atoms. The van der Waals surface area contributed by atoms with Gasteiger partial charge in [-0.1, -0.05) is 18.2 Å². The van der Waals surface area contributed by atoms with Crippen LogP contribution < -0.4 is 15.4 Å². The Morgan fingerprint density at radius 3 is 3.00 bits per heavy atom. The van der Waals surface area contributed by atoms with Crippen molar-refractivity contribution in [3.63, 3.8) is 0 Å². The van der Waals surface area contributed by atoms with Gasteiger partial charge in [-0.15, -0.1) is 0 Å². The number of carbonyl (C=O) groups excluding carboxylic acids is 2. The molecule has 2 aromatic rings. The molecule has 1 aliphatic heterocycles. The molecule has 6 nitrogen and oxygen atoms in total. The van der Waals surface area contributed by atoms with E-state index in [4.69, 9.17) is 10.00 Å². The van der Waals surface area contributed by atoms with Gasteiger partial charge in [0.1, 0.15) is 5.75 Å². The number of amides is 2. The van der Waals surface area contributed by atoms with Crippen LogP contribution in [0.1, 0.15) is 29.7 Å². The standard InChI is InChI=1S/C19H17N3O3/c1-12(14-5-6-17-15(8-14)9-18(23)22-17)21-19(24)11-25-16-4-2-3-13(7-16)10-20/h2-8,12H,9,11H2,1H3,(H,21,24)(H,22,23)/t12-/m1/s1. The number of rotatable bonds is 5. The third-order valence-electron chi connectivity index (χ3n) is 3.96. The van der Waals surface area contributed by atoms with Crippen molar-refractivity contribution in [2.45, 2.75) is 19.4 Å². The fraction of sp³-hybridized carbons (Fsp3) is 0.211. The van der Waals surface area contributed by atoms with Gasteiger partial charge in [0.05, 0.1) is 24.1 Å². The molecule has 126 valence electrons. The van der Waals surface area contributed by atoms with Crippen LogP contribution in [0.4, 0.5) is 5.69 Å². The summed E-state index contributed by atoms with van der Waals surface area (Å²) in [5, 5.41) is 14.5. The average Bonchev–Trinajstić information content (AvgIpc) is 2.99. The van der Waals surface area contributed by atoms with Gasteiger partial charge in [-0.05, 0) is 42.3 Å². The van der Waals surface area contributed by atoms with E-state index < -0.39 is 0 Å². The number of nitriles is 1. The molecule has 6 heteroatoms. The predicted octanol–water partition coefficient (Wildman–Crippen LogP) is 2.31. The number of benzene rings is 2. The molecule has 0 unspecified atom stereocenters. The number of nitrogens with one attached hydrogen (secondary N) is 2. The molecule has 0 aliphatic carbocycles. The molecule has 2 N–H and O–H groups in total. The zero-order chi connectivity index (χ0) is 17.8. The third kappa shape index (κ3) is 3.96. The van der Waals surface area contributed by atoms with Crippen molar-refractivity contribution in [2.24, 2.45) is 0 Å². The Morgan fingerprint density at radius 2 is 2.20 bits per heavy atom. The fourth-order valence-electron chi connectivity index (χ4n) is 2.69. The van der Waals surface area contributed by atoms with E-state index in [2.05, 4.69) is 10.6 Å². The first-order valence-electron chi connectivity index (χ1n) is 7.90. The maximum Gasteiger partial charge on any atom is 0.258 e. The second-order valence-electron chi connectivity index (χ2n) is 5.86. The smallest absolute Gasteiger partial charge is 0.258 e. The highest BCUT2D eigenvalue weighted by Crippen LogP contribution is 2.26. The van der Waals surface area contributed by atoms with Gasteiger partial charge in [0.25, 0.3) is 5.91 Å². The summed E-state index contributed by atoms with van der Waals surface area (Å²) in [5.74, 6) is 0.199. The van der Waals surface area contributed by atoms with Crippen molar-refractivity contribution in [3.05, 3.63) is 59.2 Å². The molecule has 0 radical (unpaired) electrons. The van der Waals surface area contributed by atoms with Crippen molar-refractivity contribution in [1.29, 1.82) is 5.26 Å². The van der Waals surface area contributed by atoms with Crippen LogP contribution in [0.3, 0.4) is 0 Å². The van der Waals surface area contributed by atoms with Crippen molar-refractivity contribution < 1.29 is 14.3 Å². The Morgan fingerprint density at radius 1 is 1.36 bits per heavy atom. The van der Waals surface area contributed by atoms with Crippen LogP contribution in [-0.2, 0) is 16.0 Å².